The van der Waals surface area contributed by atoms with E-state index in [0.717, 1.165) is 0 Å². The topological polar surface area (TPSA) is 124 Å². The zero-order valence-electron chi connectivity index (χ0n) is 20.6. The first kappa shape index (κ1) is 26.4. The Kier molecular flexibility index (Phi) is 9.58. The van der Waals surface area contributed by atoms with E-state index in [1.165, 1.54) is 63.3 Å². The van der Waals surface area contributed by atoms with Crippen LogP contribution >= 0.6 is 0 Å². The summed E-state index contributed by atoms with van der Waals surface area (Å²) in [5.74, 6) is 0.564. The van der Waals surface area contributed by atoms with Gasteiger partial charge in [-0.2, -0.15) is 4.98 Å². The minimum Gasteiger partial charge on any atom is -0.504 e. The lowest BCUT2D eigenvalue weighted by molar-refractivity contribution is 0.374. The molecule has 0 spiro atoms. The number of halogens is 1. The smallest absolute Gasteiger partial charge is 0.272 e. The third-order valence-electron chi connectivity index (χ3n) is 5.16. The second kappa shape index (κ2) is 13.1. The Bertz CT molecular complexity index is 1340. The molecule has 0 aliphatic heterocycles. The number of phenolic OH excluding ortho intramolecular Hbond substituents is 1. The number of rotatable bonds is 5. The monoisotopic (exact) mass is 494 g/mol. The first-order valence-corrected chi connectivity index (χ1v) is 11.6. The molecule has 5 rings (SSSR count). The van der Waals surface area contributed by atoms with Crippen molar-refractivity contribution in [2.75, 3.05) is 31.8 Å². The van der Waals surface area contributed by atoms with Gasteiger partial charge in [0.2, 0.25) is 5.95 Å². The molecule has 2 aromatic carbocycles. The van der Waals surface area contributed by atoms with Crippen molar-refractivity contribution in [1.29, 1.82) is 0 Å². The maximum atomic E-state index is 13.5. The number of pyridine rings is 1. The molecule has 10 heteroatoms. The molecule has 1 aliphatic carbocycles. The molecule has 5 N–H and O–H groups in total. The summed E-state index contributed by atoms with van der Waals surface area (Å²) in [6.07, 6.45) is 7.52. The Morgan fingerprint density at radius 1 is 1.00 bits per heavy atom. The number of H-pyrrole nitrogens is 1. The van der Waals surface area contributed by atoms with Crippen LogP contribution in [-0.2, 0) is 0 Å². The molecule has 0 bridgehead atoms. The fourth-order valence-corrected chi connectivity index (χ4v) is 3.03. The number of hydrogen-bond acceptors (Lipinski definition) is 8. The van der Waals surface area contributed by atoms with Crippen LogP contribution in [0.2, 0.25) is 0 Å². The number of nitrogens with zero attached hydrogens (tertiary/aromatic N) is 2. The zero-order valence-corrected chi connectivity index (χ0v) is 20.6. The normalized spacial score (nSPS) is 11.8. The maximum absolute atomic E-state index is 13.5. The molecule has 2 aromatic heterocycles. The SMILES string of the molecule is C1CCC1.CNC.COc1cc(Nc2nccc(Nc3cc4cc(F)ccc4[nH]c3=O)n2)ccc1O. The largest absolute Gasteiger partial charge is 0.504 e. The summed E-state index contributed by atoms with van der Waals surface area (Å²) < 4.78 is 18.5. The lowest BCUT2D eigenvalue weighted by Gasteiger charge is -2.10. The number of hydrogen-bond donors (Lipinski definition) is 5. The Hall–Kier alpha value is -4.18. The van der Waals surface area contributed by atoms with Crippen LogP contribution in [0.4, 0.5) is 27.5 Å². The highest BCUT2D eigenvalue weighted by Gasteiger charge is 2.08. The number of fused-ring (bicyclic) bond motifs is 1. The van der Waals surface area contributed by atoms with Crippen LogP contribution in [0, 0.1) is 5.82 Å². The van der Waals surface area contributed by atoms with Gasteiger partial charge in [-0.25, -0.2) is 9.37 Å². The van der Waals surface area contributed by atoms with Gasteiger partial charge >= 0.3 is 0 Å². The number of benzene rings is 2. The lowest BCUT2D eigenvalue weighted by atomic mass is 10.0. The van der Waals surface area contributed by atoms with E-state index in [4.69, 9.17) is 4.74 Å². The molecule has 4 aromatic rings. The predicted octanol–water partition coefficient (Wildman–Crippen LogP) is 5.05. The van der Waals surface area contributed by atoms with Crippen LogP contribution < -0.4 is 26.2 Å². The number of aromatic hydroxyl groups is 1. The number of methoxy groups -OCH3 is 1. The van der Waals surface area contributed by atoms with E-state index in [0.29, 0.717) is 28.2 Å². The van der Waals surface area contributed by atoms with Gasteiger partial charge in [0.25, 0.3) is 5.56 Å². The van der Waals surface area contributed by atoms with Gasteiger partial charge in [-0.3, -0.25) is 4.79 Å². The molecule has 190 valence electrons. The molecular weight excluding hydrogens is 463 g/mol. The fourth-order valence-electron chi connectivity index (χ4n) is 3.03. The van der Waals surface area contributed by atoms with E-state index in [2.05, 4.69) is 30.9 Å². The number of aromatic nitrogens is 3. The number of phenols is 1. The van der Waals surface area contributed by atoms with E-state index in [-0.39, 0.29) is 22.9 Å². The number of anilines is 4. The Balaban J connectivity index is 0.000000452. The molecule has 1 aliphatic rings. The summed E-state index contributed by atoms with van der Waals surface area (Å²) in [4.78, 5) is 23.4. The van der Waals surface area contributed by atoms with Crippen LogP contribution in [0.1, 0.15) is 25.7 Å². The zero-order chi connectivity index (χ0) is 25.9. The van der Waals surface area contributed by atoms with Crippen LogP contribution in [0.5, 0.6) is 11.5 Å². The summed E-state index contributed by atoms with van der Waals surface area (Å²) in [5, 5.41) is 18.9. The first-order valence-electron chi connectivity index (χ1n) is 11.6. The van der Waals surface area contributed by atoms with Gasteiger partial charge in [-0.05, 0) is 56.6 Å². The van der Waals surface area contributed by atoms with E-state index < -0.39 is 5.82 Å². The van der Waals surface area contributed by atoms with E-state index in [9.17, 15) is 14.3 Å². The van der Waals surface area contributed by atoms with Crippen molar-refractivity contribution in [3.05, 3.63) is 70.9 Å². The second-order valence-electron chi connectivity index (χ2n) is 8.06. The number of ether oxygens (including phenoxy) is 1. The van der Waals surface area contributed by atoms with Crippen LogP contribution in [0.15, 0.2) is 59.5 Å². The van der Waals surface area contributed by atoms with Gasteiger partial charge in [-0.1, -0.05) is 25.7 Å². The van der Waals surface area contributed by atoms with Gasteiger partial charge in [0.1, 0.15) is 17.3 Å². The molecule has 0 unspecified atom stereocenters. The van der Waals surface area contributed by atoms with E-state index >= 15 is 0 Å². The van der Waals surface area contributed by atoms with Gasteiger partial charge in [-0.15, -0.1) is 0 Å². The highest BCUT2D eigenvalue weighted by molar-refractivity contribution is 5.82. The molecule has 0 saturated heterocycles. The van der Waals surface area contributed by atoms with Crippen molar-refractivity contribution in [3.63, 3.8) is 0 Å². The Morgan fingerprint density at radius 3 is 2.39 bits per heavy atom. The average Bonchev–Trinajstić information content (AvgIpc) is 2.81. The molecule has 0 amide bonds. The molecule has 1 saturated carbocycles. The molecule has 36 heavy (non-hydrogen) atoms. The van der Waals surface area contributed by atoms with Crippen LogP contribution in [-0.4, -0.2) is 41.3 Å². The summed E-state index contributed by atoms with van der Waals surface area (Å²) in [6.45, 7) is 0. The minimum atomic E-state index is -0.395. The second-order valence-corrected chi connectivity index (χ2v) is 8.06. The number of aromatic amines is 1. The Labute approximate surface area is 208 Å². The molecule has 2 heterocycles. The standard InChI is InChI=1S/C20H16FN5O3.C4H8.C2H7N/c1-29-17-10-13(3-5-16(17)27)23-20-22-7-6-18(26-20)24-15-9-11-8-12(21)2-4-14(11)25-19(15)28;1-2-4-3-1;1-3-2/h2-10,27H,1H3,(H,25,28)(H2,22,23,24,26);1-4H2;3H,1-2H3. The van der Waals surface area contributed by atoms with E-state index in [1.807, 2.05) is 14.1 Å². The Morgan fingerprint density at radius 2 is 1.72 bits per heavy atom. The van der Waals surface area contributed by atoms with Gasteiger partial charge in [0.15, 0.2) is 11.5 Å². The van der Waals surface area contributed by atoms with Gasteiger partial charge in [0.05, 0.1) is 7.11 Å². The molecule has 9 nitrogen and oxygen atoms in total. The average molecular weight is 495 g/mol. The molecular formula is C26H31FN6O3. The molecule has 0 radical (unpaired) electrons. The van der Waals surface area contributed by atoms with E-state index in [1.54, 1.807) is 24.3 Å². The lowest BCUT2D eigenvalue weighted by Crippen LogP contribution is -2.12. The van der Waals surface area contributed by atoms with Crippen molar-refractivity contribution < 1.29 is 14.2 Å². The highest BCUT2D eigenvalue weighted by Crippen LogP contribution is 2.29. The van der Waals surface area contributed by atoms with Crippen molar-refractivity contribution in [3.8, 4) is 11.5 Å². The fraction of sp³-hybridized carbons (Fsp3) is 0.269. The van der Waals surface area contributed by atoms with Crippen molar-refractivity contribution in [2.24, 2.45) is 0 Å². The van der Waals surface area contributed by atoms with Gasteiger partial charge < -0.3 is 30.8 Å². The third kappa shape index (κ3) is 7.41. The highest BCUT2D eigenvalue weighted by atomic mass is 19.1. The quantitative estimate of drug-likeness (QED) is 0.244. The first-order chi connectivity index (χ1) is 17.4. The number of nitrogens with one attached hydrogen (secondary N) is 4. The van der Waals surface area contributed by atoms with Crippen LogP contribution in [0.3, 0.4) is 0 Å². The maximum Gasteiger partial charge on any atom is 0.272 e. The summed E-state index contributed by atoms with van der Waals surface area (Å²) in [7, 11) is 5.20. The summed E-state index contributed by atoms with van der Waals surface area (Å²) >= 11 is 0. The minimum absolute atomic E-state index is 0.0151. The third-order valence-corrected chi connectivity index (χ3v) is 5.16. The van der Waals surface area contributed by atoms with Crippen molar-refractivity contribution in [1.82, 2.24) is 20.3 Å². The van der Waals surface area contributed by atoms with Crippen molar-refractivity contribution in [2.45, 2.75) is 25.7 Å². The van der Waals surface area contributed by atoms with Gasteiger partial charge in [0, 0.05) is 28.9 Å². The summed E-state index contributed by atoms with van der Waals surface area (Å²) in [6, 6.07) is 12.0. The summed E-state index contributed by atoms with van der Waals surface area (Å²) in [5.41, 5.74) is 1.00. The van der Waals surface area contributed by atoms with Crippen LogP contribution in [0.25, 0.3) is 10.9 Å². The predicted molar refractivity (Wildman–Crippen MR) is 141 cm³/mol. The molecule has 0 atom stereocenters. The molecule has 1 fully saturated rings. The van der Waals surface area contributed by atoms with Crippen molar-refractivity contribution >= 4 is 34.0 Å².